The van der Waals surface area contributed by atoms with Gasteiger partial charge in [-0.25, -0.2) is 4.79 Å². The zero-order chi connectivity index (χ0) is 13.9. The van der Waals surface area contributed by atoms with Gasteiger partial charge >= 0.3 is 11.9 Å². The molecule has 0 amide bonds. The summed E-state index contributed by atoms with van der Waals surface area (Å²) in [5.74, 6) is -4.78. The monoisotopic (exact) mass is 300 g/mol. The van der Waals surface area contributed by atoms with E-state index in [-0.39, 0.29) is 19.4 Å². The van der Waals surface area contributed by atoms with Crippen LogP contribution >= 0.6 is 23.2 Å². The summed E-state index contributed by atoms with van der Waals surface area (Å²) < 4.78 is 14.9. The molecule has 0 saturated heterocycles. The number of esters is 1. The highest BCUT2D eigenvalue weighted by Gasteiger charge is 2.54. The van der Waals surface area contributed by atoms with Gasteiger partial charge < -0.3 is 4.74 Å². The van der Waals surface area contributed by atoms with Crippen molar-refractivity contribution >= 4 is 40.9 Å². The molecule has 1 aliphatic rings. The van der Waals surface area contributed by atoms with Crippen LogP contribution in [0.1, 0.15) is 19.8 Å². The quantitative estimate of drug-likeness (QED) is 0.439. The average Bonchev–Trinajstić information content (AvgIpc) is 2.33. The average molecular weight is 301 g/mol. The van der Waals surface area contributed by atoms with Gasteiger partial charge in [0.15, 0.2) is 16.0 Å². The van der Waals surface area contributed by atoms with Crippen molar-refractivity contribution in [1.82, 2.24) is 0 Å². The number of rotatable bonds is 5. The first-order chi connectivity index (χ1) is 8.34. The number of ether oxygens (including phenoxy) is 1. The lowest BCUT2D eigenvalue weighted by Crippen LogP contribution is -2.49. The van der Waals surface area contributed by atoms with Crippen molar-refractivity contribution in [3.05, 3.63) is 0 Å². The van der Waals surface area contributed by atoms with Gasteiger partial charge in [-0.3, -0.25) is 14.5 Å². The van der Waals surface area contributed by atoms with Crippen LogP contribution in [0.25, 0.3) is 0 Å². The highest BCUT2D eigenvalue weighted by Crippen LogP contribution is 2.47. The van der Waals surface area contributed by atoms with Gasteiger partial charge in [0.05, 0.1) is 6.61 Å². The molecule has 0 aromatic rings. The lowest BCUT2D eigenvalue weighted by molar-refractivity contribution is -0.194. The Hall–Kier alpha value is -0.880. The third-order valence-electron chi connectivity index (χ3n) is 2.77. The van der Waals surface area contributed by atoms with Gasteiger partial charge in [0.1, 0.15) is 0 Å². The van der Waals surface area contributed by atoms with Crippen LogP contribution in [0.3, 0.4) is 0 Å². The second-order valence-corrected chi connectivity index (χ2v) is 5.27. The highest BCUT2D eigenvalue weighted by atomic mass is 35.5. The van der Waals surface area contributed by atoms with Crippen LogP contribution in [0.4, 0.5) is 4.53 Å². The second kappa shape index (κ2) is 5.84. The SMILES string of the molecule is CCOC(=O)C(CC1CC(=O)C1(Cl)Cl)C(=O)OF. The van der Waals surface area contributed by atoms with Gasteiger partial charge in [-0.1, -0.05) is 23.2 Å². The van der Waals surface area contributed by atoms with E-state index in [1.54, 1.807) is 0 Å². The molecule has 0 N–H and O–H groups in total. The second-order valence-electron chi connectivity index (χ2n) is 3.88. The number of carbonyl (C=O) groups is 3. The van der Waals surface area contributed by atoms with Crippen LogP contribution in [0.2, 0.25) is 0 Å². The smallest absolute Gasteiger partial charge is 0.363 e. The fourth-order valence-electron chi connectivity index (χ4n) is 1.69. The number of carbonyl (C=O) groups excluding carboxylic acids is 3. The van der Waals surface area contributed by atoms with E-state index in [1.165, 1.54) is 6.92 Å². The summed E-state index contributed by atoms with van der Waals surface area (Å²) in [6.45, 7) is 1.57. The van der Waals surface area contributed by atoms with Crippen molar-refractivity contribution in [2.45, 2.75) is 24.1 Å². The highest BCUT2D eigenvalue weighted by molar-refractivity contribution is 6.60. The van der Waals surface area contributed by atoms with E-state index < -0.39 is 33.9 Å². The minimum Gasteiger partial charge on any atom is -0.465 e. The molecular weight excluding hydrogens is 290 g/mol. The maximum absolute atomic E-state index is 11.9. The Morgan fingerprint density at radius 3 is 2.50 bits per heavy atom. The maximum atomic E-state index is 11.9. The van der Waals surface area contributed by atoms with E-state index in [9.17, 15) is 18.9 Å². The Morgan fingerprint density at radius 2 is 2.11 bits per heavy atom. The Kier molecular flexibility index (Phi) is 4.92. The van der Waals surface area contributed by atoms with E-state index in [0.717, 1.165) is 0 Å². The Morgan fingerprint density at radius 1 is 1.50 bits per heavy atom. The van der Waals surface area contributed by atoms with E-state index >= 15 is 0 Å². The zero-order valence-electron chi connectivity index (χ0n) is 9.45. The summed E-state index contributed by atoms with van der Waals surface area (Å²) in [7, 11) is 0. The predicted octanol–water partition coefficient (Wildman–Crippen LogP) is 1.75. The van der Waals surface area contributed by atoms with E-state index in [0.29, 0.717) is 0 Å². The molecule has 0 spiro atoms. The van der Waals surface area contributed by atoms with E-state index in [2.05, 4.69) is 9.68 Å². The molecule has 1 aliphatic carbocycles. The third kappa shape index (κ3) is 2.92. The number of Topliss-reactive ketones (excluding diaryl/α,β-unsaturated/α-hetero) is 1. The van der Waals surface area contributed by atoms with Gasteiger partial charge in [0.25, 0.3) is 0 Å². The molecule has 8 heteroatoms. The summed E-state index contributed by atoms with van der Waals surface area (Å²) in [6.07, 6.45) is -0.164. The van der Waals surface area contributed by atoms with Gasteiger partial charge in [0, 0.05) is 16.9 Å². The topological polar surface area (TPSA) is 69.7 Å². The first-order valence-corrected chi connectivity index (χ1v) is 6.00. The van der Waals surface area contributed by atoms with E-state index in [1.807, 2.05) is 0 Å². The van der Waals surface area contributed by atoms with Crippen molar-refractivity contribution in [2.75, 3.05) is 6.61 Å². The number of ketones is 1. The molecule has 1 saturated carbocycles. The van der Waals surface area contributed by atoms with Crippen molar-refractivity contribution < 1.29 is 28.6 Å². The largest absolute Gasteiger partial charge is 0.465 e. The van der Waals surface area contributed by atoms with Crippen LogP contribution < -0.4 is 0 Å². The molecular formula is C10H11Cl2FO5. The summed E-state index contributed by atoms with van der Waals surface area (Å²) in [5.41, 5.74) is 0. The number of alkyl halides is 2. The Labute approximate surface area is 112 Å². The predicted molar refractivity (Wildman–Crippen MR) is 59.5 cm³/mol. The minimum atomic E-state index is -1.64. The molecule has 0 aliphatic heterocycles. The van der Waals surface area contributed by atoms with Crippen molar-refractivity contribution in [2.24, 2.45) is 11.8 Å². The maximum Gasteiger partial charge on any atom is 0.363 e. The third-order valence-corrected chi connectivity index (χ3v) is 3.81. The molecule has 2 unspecified atom stereocenters. The molecule has 0 bridgehead atoms. The molecule has 2 atom stereocenters. The zero-order valence-corrected chi connectivity index (χ0v) is 11.0. The first-order valence-electron chi connectivity index (χ1n) is 5.24. The fourth-order valence-corrected chi connectivity index (χ4v) is 2.17. The van der Waals surface area contributed by atoms with Gasteiger partial charge in [-0.2, -0.15) is 0 Å². The van der Waals surface area contributed by atoms with Crippen molar-refractivity contribution in [3.8, 4) is 0 Å². The standard InChI is InChI=1S/C10H11Cl2FO5/c1-2-17-8(15)6(9(16)18-13)3-5-4-7(14)10(5,11)12/h5-6H,2-4H2,1H3. The number of hydrogen-bond acceptors (Lipinski definition) is 5. The number of halogens is 3. The lowest BCUT2D eigenvalue weighted by atomic mass is 9.76. The summed E-state index contributed by atoms with van der Waals surface area (Å²) in [4.78, 5) is 36.7. The fraction of sp³-hybridized carbons (Fsp3) is 0.700. The molecule has 0 aromatic carbocycles. The van der Waals surface area contributed by atoms with Crippen LogP contribution in [-0.2, 0) is 24.1 Å². The van der Waals surface area contributed by atoms with E-state index in [4.69, 9.17) is 23.2 Å². The summed E-state index contributed by atoms with van der Waals surface area (Å²) in [6, 6.07) is 0. The molecule has 0 radical (unpaired) electrons. The molecule has 0 heterocycles. The molecule has 0 aromatic heterocycles. The Bertz CT molecular complexity index is 371. The van der Waals surface area contributed by atoms with Crippen LogP contribution in [0.15, 0.2) is 0 Å². The van der Waals surface area contributed by atoms with Crippen LogP contribution in [-0.4, -0.2) is 28.7 Å². The lowest BCUT2D eigenvalue weighted by Gasteiger charge is -2.38. The van der Waals surface area contributed by atoms with Gasteiger partial charge in [-0.15, -0.1) is 0 Å². The van der Waals surface area contributed by atoms with Crippen LogP contribution in [0, 0.1) is 11.8 Å². The summed E-state index contributed by atoms with van der Waals surface area (Å²) in [5, 5.41) is 0. The molecule has 1 fully saturated rings. The number of hydrogen-bond donors (Lipinski definition) is 0. The molecule has 1 rings (SSSR count). The van der Waals surface area contributed by atoms with Gasteiger partial charge in [0.2, 0.25) is 0 Å². The van der Waals surface area contributed by atoms with Crippen molar-refractivity contribution in [1.29, 1.82) is 0 Å². The minimum absolute atomic E-state index is 0.0302. The summed E-state index contributed by atoms with van der Waals surface area (Å²) >= 11 is 11.4. The van der Waals surface area contributed by atoms with Gasteiger partial charge in [-0.05, 0) is 13.3 Å². The molecule has 18 heavy (non-hydrogen) atoms. The molecule has 102 valence electrons. The first kappa shape index (κ1) is 15.2. The van der Waals surface area contributed by atoms with Crippen molar-refractivity contribution in [3.63, 3.8) is 0 Å². The van der Waals surface area contributed by atoms with Crippen LogP contribution in [0.5, 0.6) is 0 Å². The molecule has 5 nitrogen and oxygen atoms in total. The Balaban J connectivity index is 2.71. The normalized spacial score (nSPS) is 22.9.